The summed E-state index contributed by atoms with van der Waals surface area (Å²) in [5, 5.41) is 8.61. The lowest BCUT2D eigenvalue weighted by atomic mass is 10.2. The fourth-order valence-corrected chi connectivity index (χ4v) is 2.87. The smallest absolute Gasteiger partial charge is 0.153 e. The van der Waals surface area contributed by atoms with E-state index in [1.54, 1.807) is 29.3 Å². The van der Waals surface area contributed by atoms with Crippen LogP contribution in [0.25, 0.3) is 16.5 Å². The SMILES string of the molecule is CC(Nc1nccn2ncc(Br)c12)c1cc2cnccc2o1. The van der Waals surface area contributed by atoms with Gasteiger partial charge in [-0.2, -0.15) is 5.10 Å². The van der Waals surface area contributed by atoms with Gasteiger partial charge in [-0.1, -0.05) is 0 Å². The molecule has 4 heterocycles. The maximum absolute atomic E-state index is 5.86. The highest BCUT2D eigenvalue weighted by molar-refractivity contribution is 9.10. The quantitative estimate of drug-likeness (QED) is 0.603. The van der Waals surface area contributed by atoms with Gasteiger partial charge >= 0.3 is 0 Å². The van der Waals surface area contributed by atoms with Gasteiger partial charge in [0.25, 0.3) is 0 Å². The molecule has 0 saturated heterocycles. The van der Waals surface area contributed by atoms with Crippen molar-refractivity contribution >= 4 is 38.2 Å². The van der Waals surface area contributed by atoms with Crippen molar-refractivity contribution in [2.75, 3.05) is 5.32 Å². The minimum absolute atomic E-state index is 0.0344. The number of hydrogen-bond acceptors (Lipinski definition) is 5. The Morgan fingerprint density at radius 3 is 3.09 bits per heavy atom. The predicted molar refractivity (Wildman–Crippen MR) is 86.7 cm³/mol. The fraction of sp³-hybridized carbons (Fsp3) is 0.133. The Bertz CT molecular complexity index is 928. The van der Waals surface area contributed by atoms with E-state index in [1.807, 2.05) is 25.3 Å². The molecule has 110 valence electrons. The third kappa shape index (κ3) is 2.14. The van der Waals surface area contributed by atoms with Crippen LogP contribution in [0.1, 0.15) is 18.7 Å². The average molecular weight is 358 g/mol. The largest absolute Gasteiger partial charge is 0.459 e. The van der Waals surface area contributed by atoms with Crippen molar-refractivity contribution in [3.63, 3.8) is 0 Å². The van der Waals surface area contributed by atoms with Crippen LogP contribution in [0.4, 0.5) is 5.82 Å². The molecular weight excluding hydrogens is 346 g/mol. The second kappa shape index (κ2) is 5.10. The van der Waals surface area contributed by atoms with E-state index in [1.165, 1.54) is 0 Å². The number of rotatable bonds is 3. The molecule has 4 rings (SSSR count). The molecule has 6 nitrogen and oxygen atoms in total. The van der Waals surface area contributed by atoms with Crippen LogP contribution in [-0.4, -0.2) is 19.6 Å². The molecule has 0 aromatic carbocycles. The topological polar surface area (TPSA) is 68.2 Å². The number of nitrogens with one attached hydrogen (secondary N) is 1. The highest BCUT2D eigenvalue weighted by Crippen LogP contribution is 2.28. The van der Waals surface area contributed by atoms with Gasteiger partial charge < -0.3 is 9.73 Å². The first-order valence-corrected chi connectivity index (χ1v) is 7.59. The maximum atomic E-state index is 5.86. The molecule has 22 heavy (non-hydrogen) atoms. The molecule has 0 aliphatic carbocycles. The van der Waals surface area contributed by atoms with Gasteiger partial charge in [-0.05, 0) is 35.0 Å². The first-order chi connectivity index (χ1) is 10.7. The van der Waals surface area contributed by atoms with Crippen molar-refractivity contribution in [3.8, 4) is 0 Å². The summed E-state index contributed by atoms with van der Waals surface area (Å²) in [6, 6.07) is 3.82. The van der Waals surface area contributed by atoms with Gasteiger partial charge in [0.1, 0.15) is 16.9 Å². The van der Waals surface area contributed by atoms with Crippen LogP contribution in [0.5, 0.6) is 0 Å². The Hall–Kier alpha value is -2.41. The predicted octanol–water partition coefficient (Wildman–Crippen LogP) is 3.81. The Morgan fingerprint density at radius 2 is 2.23 bits per heavy atom. The van der Waals surface area contributed by atoms with E-state index in [4.69, 9.17) is 4.42 Å². The number of halogens is 1. The normalized spacial score (nSPS) is 12.8. The van der Waals surface area contributed by atoms with Gasteiger partial charge in [-0.15, -0.1) is 0 Å². The number of anilines is 1. The lowest BCUT2D eigenvalue weighted by molar-refractivity contribution is 0.525. The van der Waals surface area contributed by atoms with E-state index >= 15 is 0 Å². The van der Waals surface area contributed by atoms with Gasteiger partial charge in [0.05, 0.1) is 16.7 Å². The van der Waals surface area contributed by atoms with Crippen LogP contribution in [0.2, 0.25) is 0 Å². The fourth-order valence-electron chi connectivity index (χ4n) is 2.41. The summed E-state index contributed by atoms with van der Waals surface area (Å²) in [6.45, 7) is 2.03. The van der Waals surface area contributed by atoms with Crippen molar-refractivity contribution in [1.82, 2.24) is 19.6 Å². The van der Waals surface area contributed by atoms with E-state index in [0.29, 0.717) is 0 Å². The minimum atomic E-state index is -0.0344. The number of pyridine rings is 1. The van der Waals surface area contributed by atoms with E-state index in [9.17, 15) is 0 Å². The lowest BCUT2D eigenvalue weighted by Crippen LogP contribution is -2.08. The van der Waals surface area contributed by atoms with Gasteiger partial charge in [0.15, 0.2) is 5.82 Å². The molecule has 0 bridgehead atoms. The highest BCUT2D eigenvalue weighted by atomic mass is 79.9. The minimum Gasteiger partial charge on any atom is -0.459 e. The monoisotopic (exact) mass is 357 g/mol. The first-order valence-electron chi connectivity index (χ1n) is 6.80. The molecule has 4 aromatic heterocycles. The van der Waals surface area contributed by atoms with E-state index in [0.717, 1.165) is 32.5 Å². The third-order valence-electron chi connectivity index (χ3n) is 3.50. The molecule has 0 saturated carbocycles. The van der Waals surface area contributed by atoms with Crippen LogP contribution < -0.4 is 5.32 Å². The molecule has 0 spiro atoms. The molecule has 0 aliphatic rings. The summed E-state index contributed by atoms with van der Waals surface area (Å²) in [6.07, 6.45) is 8.79. The zero-order chi connectivity index (χ0) is 15.1. The lowest BCUT2D eigenvalue weighted by Gasteiger charge is -2.13. The van der Waals surface area contributed by atoms with Crippen LogP contribution in [0, 0.1) is 0 Å². The average Bonchev–Trinajstić information content (AvgIpc) is 3.12. The van der Waals surface area contributed by atoms with Crippen molar-refractivity contribution < 1.29 is 4.42 Å². The number of nitrogens with zero attached hydrogens (tertiary/aromatic N) is 4. The second-order valence-corrected chi connectivity index (χ2v) is 5.84. The summed E-state index contributed by atoms with van der Waals surface area (Å²) in [5.74, 6) is 1.58. The van der Waals surface area contributed by atoms with Gasteiger partial charge in [-0.3, -0.25) is 4.98 Å². The van der Waals surface area contributed by atoms with Crippen molar-refractivity contribution in [3.05, 3.63) is 53.3 Å². The zero-order valence-electron chi connectivity index (χ0n) is 11.7. The number of hydrogen-bond donors (Lipinski definition) is 1. The Labute approximate surface area is 134 Å². The van der Waals surface area contributed by atoms with Gasteiger partial charge in [0, 0.05) is 30.2 Å². The number of aromatic nitrogens is 4. The summed E-state index contributed by atoms with van der Waals surface area (Å²) in [7, 11) is 0. The molecule has 0 aliphatic heterocycles. The molecule has 1 N–H and O–H groups in total. The van der Waals surface area contributed by atoms with Crippen LogP contribution in [0.3, 0.4) is 0 Å². The van der Waals surface area contributed by atoms with Crippen LogP contribution in [0.15, 0.2) is 52.0 Å². The Morgan fingerprint density at radius 1 is 1.32 bits per heavy atom. The van der Waals surface area contributed by atoms with Crippen molar-refractivity contribution in [1.29, 1.82) is 0 Å². The second-order valence-electron chi connectivity index (χ2n) is 4.99. The highest BCUT2D eigenvalue weighted by Gasteiger charge is 2.15. The van der Waals surface area contributed by atoms with Crippen LogP contribution in [-0.2, 0) is 0 Å². The molecule has 7 heteroatoms. The van der Waals surface area contributed by atoms with Crippen molar-refractivity contribution in [2.24, 2.45) is 0 Å². The first kappa shape index (κ1) is 13.3. The molecule has 0 radical (unpaired) electrons. The Balaban J connectivity index is 1.71. The third-order valence-corrected chi connectivity index (χ3v) is 4.08. The zero-order valence-corrected chi connectivity index (χ0v) is 13.3. The standard InChI is InChI=1S/C15H12BrN5O/c1-9(13-6-10-7-17-3-2-12(10)22-13)20-15-14-11(16)8-19-21(14)5-4-18-15/h2-9H,1H3,(H,18,20). The Kier molecular flexibility index (Phi) is 3.07. The van der Waals surface area contributed by atoms with E-state index < -0.39 is 0 Å². The van der Waals surface area contributed by atoms with E-state index in [-0.39, 0.29) is 6.04 Å². The summed E-state index contributed by atoms with van der Waals surface area (Å²) < 4.78 is 8.53. The molecule has 1 atom stereocenters. The van der Waals surface area contributed by atoms with Gasteiger partial charge in [-0.25, -0.2) is 9.50 Å². The number of fused-ring (bicyclic) bond motifs is 2. The summed E-state index contributed by atoms with van der Waals surface area (Å²) >= 11 is 3.50. The molecular formula is C15H12BrN5O. The van der Waals surface area contributed by atoms with Gasteiger partial charge in [0.2, 0.25) is 0 Å². The summed E-state index contributed by atoms with van der Waals surface area (Å²) in [4.78, 5) is 8.51. The maximum Gasteiger partial charge on any atom is 0.153 e. The molecule has 0 amide bonds. The summed E-state index contributed by atoms with van der Waals surface area (Å²) in [5.41, 5.74) is 1.72. The van der Waals surface area contributed by atoms with E-state index in [2.05, 4.69) is 36.3 Å². The molecule has 4 aromatic rings. The molecule has 1 unspecified atom stereocenters. The van der Waals surface area contributed by atoms with Crippen molar-refractivity contribution in [2.45, 2.75) is 13.0 Å². The van der Waals surface area contributed by atoms with Crippen LogP contribution >= 0.6 is 15.9 Å². The number of furan rings is 1. The molecule has 0 fully saturated rings.